The molecule has 146 valence electrons. The van der Waals surface area contributed by atoms with Gasteiger partial charge in [0.05, 0.1) is 11.8 Å². The predicted octanol–water partition coefficient (Wildman–Crippen LogP) is 2.94. The molecule has 1 heterocycles. The highest BCUT2D eigenvalue weighted by atomic mass is 16.5. The van der Waals surface area contributed by atoms with Crippen molar-refractivity contribution >= 4 is 17.8 Å². The SMILES string of the molecule is CC(C)(C)c1ccc(OC(=O)CN2C(=O)[C@@H]3[C@@H]4C=C[C@H]([C@H]5C[C@H]45)[C@@H]3C2=O)cc1. The molecule has 2 amide bonds. The molecule has 6 rings (SSSR count). The number of imide groups is 1. The molecule has 1 aromatic rings. The Bertz CT molecular complexity index is 858. The van der Waals surface area contributed by atoms with Crippen LogP contribution in [0.15, 0.2) is 36.4 Å². The summed E-state index contributed by atoms with van der Waals surface area (Å²) in [6, 6.07) is 7.37. The van der Waals surface area contributed by atoms with Crippen LogP contribution in [0.1, 0.15) is 32.8 Å². The Labute approximate surface area is 164 Å². The largest absolute Gasteiger partial charge is 0.425 e. The van der Waals surface area contributed by atoms with E-state index in [4.69, 9.17) is 4.74 Å². The van der Waals surface area contributed by atoms with Crippen molar-refractivity contribution in [2.24, 2.45) is 35.5 Å². The van der Waals surface area contributed by atoms with E-state index in [1.807, 2.05) is 12.1 Å². The Morgan fingerprint density at radius 2 is 1.54 bits per heavy atom. The number of benzene rings is 1. The lowest BCUT2D eigenvalue weighted by Crippen LogP contribution is -2.40. The Balaban J connectivity index is 1.27. The van der Waals surface area contributed by atoms with Crippen LogP contribution in [-0.2, 0) is 19.8 Å². The van der Waals surface area contributed by atoms with Gasteiger partial charge in [0.2, 0.25) is 11.8 Å². The molecule has 0 spiro atoms. The zero-order valence-electron chi connectivity index (χ0n) is 16.4. The van der Waals surface area contributed by atoms with E-state index < -0.39 is 5.97 Å². The van der Waals surface area contributed by atoms with Crippen molar-refractivity contribution in [2.45, 2.75) is 32.6 Å². The second-order valence-corrected chi connectivity index (χ2v) is 9.67. The maximum atomic E-state index is 12.9. The molecule has 1 aromatic carbocycles. The molecule has 3 fully saturated rings. The van der Waals surface area contributed by atoms with Crippen molar-refractivity contribution in [1.82, 2.24) is 4.90 Å². The van der Waals surface area contributed by atoms with Crippen molar-refractivity contribution in [3.8, 4) is 5.75 Å². The number of hydrogen-bond acceptors (Lipinski definition) is 4. The molecule has 4 aliphatic carbocycles. The molecule has 1 saturated heterocycles. The fraction of sp³-hybridized carbons (Fsp3) is 0.522. The smallest absolute Gasteiger partial charge is 0.331 e. The second kappa shape index (κ2) is 5.79. The maximum Gasteiger partial charge on any atom is 0.331 e. The van der Waals surface area contributed by atoms with Gasteiger partial charge in [-0.3, -0.25) is 14.5 Å². The van der Waals surface area contributed by atoms with Gasteiger partial charge in [-0.1, -0.05) is 45.1 Å². The fourth-order valence-corrected chi connectivity index (χ4v) is 5.49. The average Bonchev–Trinajstić information content (AvgIpc) is 3.43. The van der Waals surface area contributed by atoms with Crippen molar-refractivity contribution in [3.05, 3.63) is 42.0 Å². The van der Waals surface area contributed by atoms with Crippen LogP contribution in [0.25, 0.3) is 0 Å². The minimum atomic E-state index is -0.575. The van der Waals surface area contributed by atoms with Gasteiger partial charge < -0.3 is 4.74 Å². The standard InChI is InChI=1S/C23H25NO4/c1-23(2,3)12-4-6-13(7-5-12)28-18(25)11-24-21(26)19-14-8-9-15(17-10-16(14)17)20(19)22(24)27/h4-9,14-17,19-20H,10-11H2,1-3H3/t14-,15-,16-,17-,19-,20+/m1/s1. The molecule has 5 aliphatic rings. The Kier molecular flexibility index (Phi) is 3.65. The first kappa shape index (κ1) is 17.7. The summed E-state index contributed by atoms with van der Waals surface area (Å²) in [5.74, 6) is 0.369. The summed E-state index contributed by atoms with van der Waals surface area (Å²) in [6.45, 7) is 6.04. The minimum absolute atomic E-state index is 0.0152. The van der Waals surface area contributed by atoms with Gasteiger partial charge in [0, 0.05) is 0 Å². The number of hydrogen-bond donors (Lipinski definition) is 0. The molecular weight excluding hydrogens is 354 g/mol. The minimum Gasteiger partial charge on any atom is -0.425 e. The molecule has 0 aromatic heterocycles. The zero-order valence-corrected chi connectivity index (χ0v) is 16.4. The van der Waals surface area contributed by atoms with Gasteiger partial charge in [-0.25, -0.2) is 4.79 Å². The molecule has 0 radical (unpaired) electrons. The molecule has 28 heavy (non-hydrogen) atoms. The summed E-state index contributed by atoms with van der Waals surface area (Å²) >= 11 is 0. The van der Waals surface area contributed by atoms with Crippen molar-refractivity contribution in [2.75, 3.05) is 6.54 Å². The molecule has 2 bridgehead atoms. The molecule has 6 atom stereocenters. The zero-order chi connectivity index (χ0) is 19.8. The highest BCUT2D eigenvalue weighted by Gasteiger charge is 2.67. The van der Waals surface area contributed by atoms with Crippen LogP contribution in [-0.4, -0.2) is 29.2 Å². The first-order chi connectivity index (χ1) is 13.3. The van der Waals surface area contributed by atoms with E-state index >= 15 is 0 Å². The lowest BCUT2D eigenvalue weighted by atomic mass is 9.63. The normalized spacial score (nSPS) is 35.0. The topological polar surface area (TPSA) is 63.7 Å². The number of esters is 1. The number of likely N-dealkylation sites (tertiary alicyclic amines) is 1. The summed E-state index contributed by atoms with van der Waals surface area (Å²) in [4.78, 5) is 39.4. The molecule has 2 saturated carbocycles. The van der Waals surface area contributed by atoms with Crippen molar-refractivity contribution < 1.29 is 19.1 Å². The predicted molar refractivity (Wildman–Crippen MR) is 102 cm³/mol. The van der Waals surface area contributed by atoms with Crippen molar-refractivity contribution in [1.29, 1.82) is 0 Å². The number of allylic oxidation sites excluding steroid dienone is 2. The van der Waals surface area contributed by atoms with Crippen LogP contribution >= 0.6 is 0 Å². The van der Waals surface area contributed by atoms with Crippen molar-refractivity contribution in [3.63, 3.8) is 0 Å². The molecule has 0 N–H and O–H groups in total. The number of ether oxygens (including phenoxy) is 1. The maximum absolute atomic E-state index is 12.9. The molecule has 5 nitrogen and oxygen atoms in total. The van der Waals surface area contributed by atoms with Crippen LogP contribution < -0.4 is 4.74 Å². The molecule has 1 aliphatic heterocycles. The van der Waals surface area contributed by atoms with Gasteiger partial charge in [-0.05, 0) is 53.2 Å². The lowest BCUT2D eigenvalue weighted by Gasteiger charge is -2.37. The average molecular weight is 379 g/mol. The first-order valence-corrected chi connectivity index (χ1v) is 10.1. The third kappa shape index (κ3) is 2.55. The van der Waals surface area contributed by atoms with Gasteiger partial charge in [0.15, 0.2) is 0 Å². The highest BCUT2D eigenvalue weighted by molar-refractivity contribution is 6.08. The summed E-state index contributed by atoms with van der Waals surface area (Å²) < 4.78 is 5.39. The molecule has 0 unspecified atom stereocenters. The first-order valence-electron chi connectivity index (χ1n) is 10.1. The summed E-state index contributed by atoms with van der Waals surface area (Å²) in [5, 5.41) is 0. The van der Waals surface area contributed by atoms with Gasteiger partial charge in [-0.15, -0.1) is 0 Å². The van der Waals surface area contributed by atoms with Crippen LogP contribution in [0, 0.1) is 35.5 Å². The number of amides is 2. The van der Waals surface area contributed by atoms with E-state index in [0.29, 0.717) is 17.6 Å². The van der Waals surface area contributed by atoms with Crippen LogP contribution in [0.4, 0.5) is 0 Å². The second-order valence-electron chi connectivity index (χ2n) is 9.67. The van der Waals surface area contributed by atoms with E-state index in [0.717, 1.165) is 16.9 Å². The third-order valence-electron chi connectivity index (χ3n) is 6.99. The van der Waals surface area contributed by atoms with E-state index in [2.05, 4.69) is 32.9 Å². The number of carbonyl (C=O) groups excluding carboxylic acids is 3. The van der Waals surface area contributed by atoms with E-state index in [9.17, 15) is 14.4 Å². The summed E-state index contributed by atoms with van der Waals surface area (Å²) in [5.41, 5.74) is 1.16. The molecule has 5 heteroatoms. The monoisotopic (exact) mass is 379 g/mol. The Morgan fingerprint density at radius 3 is 2.04 bits per heavy atom. The van der Waals surface area contributed by atoms with Gasteiger partial charge >= 0.3 is 5.97 Å². The highest BCUT2D eigenvalue weighted by Crippen LogP contribution is 2.65. The van der Waals surface area contributed by atoms with Crippen LogP contribution in [0.3, 0.4) is 0 Å². The van der Waals surface area contributed by atoms with Crippen LogP contribution in [0.2, 0.25) is 0 Å². The number of carbonyl (C=O) groups is 3. The Morgan fingerprint density at radius 1 is 1.00 bits per heavy atom. The van der Waals surface area contributed by atoms with Gasteiger partial charge in [0.1, 0.15) is 12.3 Å². The Hall–Kier alpha value is -2.43. The summed E-state index contributed by atoms with van der Waals surface area (Å²) in [6.07, 6.45) is 5.38. The van der Waals surface area contributed by atoms with Crippen LogP contribution in [0.5, 0.6) is 5.75 Å². The fourth-order valence-electron chi connectivity index (χ4n) is 5.49. The summed E-state index contributed by atoms with van der Waals surface area (Å²) in [7, 11) is 0. The van der Waals surface area contributed by atoms with E-state index in [1.165, 1.54) is 0 Å². The van der Waals surface area contributed by atoms with Gasteiger partial charge in [-0.2, -0.15) is 0 Å². The quantitative estimate of drug-likeness (QED) is 0.351. The van der Waals surface area contributed by atoms with Gasteiger partial charge in [0.25, 0.3) is 0 Å². The van der Waals surface area contributed by atoms with E-state index in [1.54, 1.807) is 12.1 Å². The lowest BCUT2D eigenvalue weighted by molar-refractivity contribution is -0.148. The van der Waals surface area contributed by atoms with E-state index in [-0.39, 0.29) is 47.4 Å². The molecular formula is C23H25NO4. The number of nitrogens with zero attached hydrogens (tertiary/aromatic N) is 1. The third-order valence-corrected chi connectivity index (χ3v) is 6.99. The number of rotatable bonds is 3.